The van der Waals surface area contributed by atoms with Crippen LogP contribution >= 0.6 is 11.3 Å². The van der Waals surface area contributed by atoms with Crippen molar-refractivity contribution in [2.45, 2.75) is 12.6 Å². The van der Waals surface area contributed by atoms with Gasteiger partial charge in [0.1, 0.15) is 5.01 Å². The highest BCUT2D eigenvalue weighted by Gasteiger charge is 2.21. The van der Waals surface area contributed by atoms with Crippen LogP contribution in [0.2, 0.25) is 0 Å². The number of thiazole rings is 1. The van der Waals surface area contributed by atoms with Crippen molar-refractivity contribution in [3.63, 3.8) is 0 Å². The molecule has 2 rings (SSSR count). The first-order valence-electron chi connectivity index (χ1n) is 5.73. The fourth-order valence-corrected chi connectivity index (χ4v) is 2.59. The lowest BCUT2D eigenvalue weighted by Crippen LogP contribution is -2.53. The number of hydrogen-bond donors (Lipinski definition) is 1. The molecule has 5 heteroatoms. The highest BCUT2D eigenvalue weighted by Crippen LogP contribution is 2.06. The largest absolute Gasteiger partial charge is 0.309 e. The number of hydrogen-bond acceptors (Lipinski definition) is 5. The second-order valence-corrected chi connectivity index (χ2v) is 5.43. The summed E-state index contributed by atoms with van der Waals surface area (Å²) in [5.41, 5.74) is 0. The third kappa shape index (κ3) is 3.25. The van der Waals surface area contributed by atoms with Crippen molar-refractivity contribution in [2.24, 2.45) is 0 Å². The molecule has 0 aliphatic carbocycles. The zero-order valence-corrected chi connectivity index (χ0v) is 10.8. The van der Waals surface area contributed by atoms with Crippen LogP contribution in [0.25, 0.3) is 0 Å². The maximum Gasteiger partial charge on any atom is 0.106 e. The molecule has 0 aromatic carbocycles. The van der Waals surface area contributed by atoms with Crippen LogP contribution in [0.3, 0.4) is 0 Å². The lowest BCUT2D eigenvalue weighted by atomic mass is 10.2. The Labute approximate surface area is 101 Å². The molecule has 4 nitrogen and oxygen atoms in total. The molecule has 2 heterocycles. The smallest absolute Gasteiger partial charge is 0.106 e. The first-order valence-corrected chi connectivity index (χ1v) is 6.61. The molecule has 1 aromatic rings. The summed E-state index contributed by atoms with van der Waals surface area (Å²) >= 11 is 1.71. The zero-order valence-electron chi connectivity index (χ0n) is 10.0. The van der Waals surface area contributed by atoms with Crippen molar-refractivity contribution in [1.29, 1.82) is 0 Å². The van der Waals surface area contributed by atoms with Gasteiger partial charge in [-0.15, -0.1) is 11.3 Å². The van der Waals surface area contributed by atoms with E-state index in [4.69, 9.17) is 0 Å². The summed E-state index contributed by atoms with van der Waals surface area (Å²) in [6, 6.07) is 0.624. The van der Waals surface area contributed by atoms with Gasteiger partial charge in [0.25, 0.3) is 0 Å². The molecule has 1 N–H and O–H groups in total. The van der Waals surface area contributed by atoms with Gasteiger partial charge in [-0.05, 0) is 14.1 Å². The summed E-state index contributed by atoms with van der Waals surface area (Å²) in [6.07, 6.45) is 1.86. The first kappa shape index (κ1) is 12.0. The Hall–Kier alpha value is -0.490. The van der Waals surface area contributed by atoms with E-state index in [1.165, 1.54) is 18.1 Å². The summed E-state index contributed by atoms with van der Waals surface area (Å²) in [5.74, 6) is 0. The molecule has 1 unspecified atom stereocenters. The minimum Gasteiger partial charge on any atom is -0.309 e. The van der Waals surface area contributed by atoms with Crippen molar-refractivity contribution >= 4 is 11.3 Å². The molecule has 1 saturated heterocycles. The van der Waals surface area contributed by atoms with Crippen LogP contribution in [0, 0.1) is 0 Å². The Balaban J connectivity index is 1.72. The molecule has 1 aliphatic rings. The summed E-state index contributed by atoms with van der Waals surface area (Å²) < 4.78 is 0. The number of rotatable bonds is 4. The van der Waals surface area contributed by atoms with Gasteiger partial charge in [-0.3, -0.25) is 4.90 Å². The molecule has 1 aliphatic heterocycles. The van der Waals surface area contributed by atoms with Crippen molar-refractivity contribution in [3.8, 4) is 0 Å². The Morgan fingerprint density at radius 1 is 1.50 bits per heavy atom. The molecule has 0 bridgehead atoms. The van der Waals surface area contributed by atoms with Crippen molar-refractivity contribution in [1.82, 2.24) is 20.1 Å². The van der Waals surface area contributed by atoms with E-state index >= 15 is 0 Å². The predicted octanol–water partition coefficient (Wildman–Crippen LogP) is 0.478. The summed E-state index contributed by atoms with van der Waals surface area (Å²) in [4.78, 5) is 9.10. The fraction of sp³-hybridized carbons (Fsp3) is 0.727. The quantitative estimate of drug-likeness (QED) is 0.829. The topological polar surface area (TPSA) is 31.4 Å². The maximum atomic E-state index is 4.26. The zero-order chi connectivity index (χ0) is 11.4. The van der Waals surface area contributed by atoms with Crippen LogP contribution in [0.1, 0.15) is 5.01 Å². The van der Waals surface area contributed by atoms with E-state index in [1.54, 1.807) is 11.3 Å². The van der Waals surface area contributed by atoms with Gasteiger partial charge in [0, 0.05) is 50.3 Å². The lowest BCUT2D eigenvalue weighted by molar-refractivity contribution is 0.113. The molecular formula is C11H20N4S. The van der Waals surface area contributed by atoms with Crippen LogP contribution in [0.4, 0.5) is 0 Å². The minimum absolute atomic E-state index is 0.624. The fourth-order valence-electron chi connectivity index (χ4n) is 2.01. The average Bonchev–Trinajstić information content (AvgIpc) is 2.76. The third-order valence-electron chi connectivity index (χ3n) is 3.12. The summed E-state index contributed by atoms with van der Waals surface area (Å²) in [7, 11) is 4.41. The van der Waals surface area contributed by atoms with E-state index in [9.17, 15) is 0 Å². The van der Waals surface area contributed by atoms with Crippen molar-refractivity contribution in [3.05, 3.63) is 16.6 Å². The molecule has 0 radical (unpaired) electrons. The van der Waals surface area contributed by atoms with Crippen molar-refractivity contribution in [2.75, 3.05) is 40.3 Å². The molecule has 1 fully saturated rings. The van der Waals surface area contributed by atoms with E-state index in [1.807, 2.05) is 11.6 Å². The van der Waals surface area contributed by atoms with Gasteiger partial charge in [0.05, 0.1) is 0 Å². The summed E-state index contributed by atoms with van der Waals surface area (Å²) in [5, 5.41) is 6.69. The summed E-state index contributed by atoms with van der Waals surface area (Å²) in [6.45, 7) is 5.44. The maximum absolute atomic E-state index is 4.26. The van der Waals surface area contributed by atoms with Gasteiger partial charge in [-0.1, -0.05) is 0 Å². The second-order valence-electron chi connectivity index (χ2n) is 4.45. The van der Waals surface area contributed by atoms with Gasteiger partial charge in [-0.2, -0.15) is 0 Å². The van der Waals surface area contributed by atoms with Crippen molar-refractivity contribution < 1.29 is 0 Å². The van der Waals surface area contributed by atoms with Crippen LogP contribution in [0.15, 0.2) is 11.6 Å². The number of likely N-dealkylation sites (N-methyl/N-ethyl adjacent to an activating group) is 2. The monoisotopic (exact) mass is 240 g/mol. The average molecular weight is 240 g/mol. The highest BCUT2D eigenvalue weighted by molar-refractivity contribution is 7.09. The molecular weight excluding hydrogens is 220 g/mol. The Morgan fingerprint density at radius 3 is 3.12 bits per heavy atom. The molecule has 0 spiro atoms. The Bertz CT molecular complexity index is 301. The normalized spacial score (nSPS) is 23.8. The Morgan fingerprint density at radius 2 is 2.38 bits per heavy atom. The van der Waals surface area contributed by atoms with E-state index in [0.717, 1.165) is 19.6 Å². The lowest BCUT2D eigenvalue weighted by Gasteiger charge is -2.37. The predicted molar refractivity (Wildman–Crippen MR) is 67.7 cm³/mol. The third-order valence-corrected chi connectivity index (χ3v) is 3.90. The number of nitrogens with zero attached hydrogens (tertiary/aromatic N) is 3. The molecule has 0 saturated carbocycles. The first-order chi connectivity index (χ1) is 7.75. The number of aromatic nitrogens is 1. The second kappa shape index (κ2) is 5.72. The van der Waals surface area contributed by atoms with Gasteiger partial charge >= 0.3 is 0 Å². The van der Waals surface area contributed by atoms with Crippen LogP contribution in [-0.2, 0) is 6.54 Å². The molecule has 0 amide bonds. The van der Waals surface area contributed by atoms with Gasteiger partial charge < -0.3 is 10.2 Å². The van der Waals surface area contributed by atoms with Gasteiger partial charge in [-0.25, -0.2) is 4.98 Å². The SMILES string of the molecule is CN1CCN(C)C(CNCc2nccs2)C1. The van der Waals surface area contributed by atoms with E-state index in [-0.39, 0.29) is 0 Å². The van der Waals surface area contributed by atoms with E-state index < -0.39 is 0 Å². The minimum atomic E-state index is 0.624. The molecule has 1 atom stereocenters. The van der Waals surface area contributed by atoms with Crippen LogP contribution < -0.4 is 5.32 Å². The number of piperazine rings is 1. The van der Waals surface area contributed by atoms with E-state index in [2.05, 4.69) is 34.2 Å². The van der Waals surface area contributed by atoms with Gasteiger partial charge in [0.15, 0.2) is 0 Å². The number of nitrogens with one attached hydrogen (secondary N) is 1. The Kier molecular flexibility index (Phi) is 4.29. The van der Waals surface area contributed by atoms with Crippen LogP contribution in [0.5, 0.6) is 0 Å². The van der Waals surface area contributed by atoms with Crippen LogP contribution in [-0.4, -0.2) is 61.1 Å². The van der Waals surface area contributed by atoms with E-state index in [0.29, 0.717) is 6.04 Å². The molecule has 1 aromatic heterocycles. The van der Waals surface area contributed by atoms with Gasteiger partial charge in [0.2, 0.25) is 0 Å². The standard InChI is InChI=1S/C11H20N4S/c1-14-4-5-15(2)10(9-14)7-12-8-11-13-3-6-16-11/h3,6,10,12H,4-5,7-9H2,1-2H3. The highest BCUT2D eigenvalue weighted by atomic mass is 32.1. The molecule has 90 valence electrons. The molecule has 16 heavy (non-hydrogen) atoms.